The van der Waals surface area contributed by atoms with Crippen molar-refractivity contribution >= 4 is 5.97 Å². The maximum atomic E-state index is 12.3. The number of hydrogen-bond donors (Lipinski definition) is 0. The molecule has 0 bridgehead atoms. The van der Waals surface area contributed by atoms with Gasteiger partial charge in [-0.05, 0) is 45.7 Å². The van der Waals surface area contributed by atoms with E-state index in [2.05, 4.69) is 0 Å². The van der Waals surface area contributed by atoms with Crippen LogP contribution in [0.25, 0.3) is 0 Å². The number of ether oxygens (including phenoxy) is 1. The van der Waals surface area contributed by atoms with Gasteiger partial charge in [0.25, 0.3) is 0 Å². The molecular formula is C18H26NO3. The molecule has 1 heterocycles. The number of carbonyl (C=O) groups is 1. The van der Waals surface area contributed by atoms with Gasteiger partial charge in [-0.1, -0.05) is 24.3 Å². The number of carbonyl (C=O) groups excluding carboxylic acids is 1. The summed E-state index contributed by atoms with van der Waals surface area (Å²) < 4.78 is 5.67. The molecular weight excluding hydrogens is 278 g/mol. The molecule has 0 saturated carbocycles. The van der Waals surface area contributed by atoms with Crippen LogP contribution in [0.4, 0.5) is 0 Å². The Balaban J connectivity index is 2.02. The average Bonchev–Trinajstić information content (AvgIpc) is 2.38. The Bertz CT molecular complexity index is 533. The van der Waals surface area contributed by atoms with Gasteiger partial charge in [-0.2, -0.15) is 0 Å². The first-order valence-electron chi connectivity index (χ1n) is 7.83. The molecule has 1 aromatic rings. The summed E-state index contributed by atoms with van der Waals surface area (Å²) in [4.78, 5) is 12.2. The van der Waals surface area contributed by atoms with E-state index in [1.165, 1.54) is 0 Å². The van der Waals surface area contributed by atoms with Crippen molar-refractivity contribution in [2.45, 2.75) is 71.1 Å². The largest absolute Gasteiger partial charge is 0.462 e. The number of hydroxylamine groups is 2. The predicted octanol–water partition coefficient (Wildman–Crippen LogP) is 3.45. The lowest BCUT2D eigenvalue weighted by atomic mass is 9.80. The number of nitrogens with zero attached hydrogens (tertiary/aromatic N) is 1. The molecule has 1 aliphatic rings. The van der Waals surface area contributed by atoms with E-state index in [0.29, 0.717) is 12.8 Å². The van der Waals surface area contributed by atoms with Gasteiger partial charge in [0.1, 0.15) is 6.10 Å². The molecule has 1 aromatic carbocycles. The number of hydrogen-bond acceptors (Lipinski definition) is 3. The molecule has 121 valence electrons. The van der Waals surface area contributed by atoms with Crippen LogP contribution in [-0.2, 0) is 21.2 Å². The number of benzene rings is 1. The Morgan fingerprint density at radius 2 is 1.73 bits per heavy atom. The van der Waals surface area contributed by atoms with Gasteiger partial charge in [-0.3, -0.25) is 4.79 Å². The Hall–Kier alpha value is -1.39. The molecule has 1 saturated heterocycles. The lowest BCUT2D eigenvalue weighted by Gasteiger charge is -2.49. The maximum Gasteiger partial charge on any atom is 0.310 e. The molecule has 4 heteroatoms. The summed E-state index contributed by atoms with van der Waals surface area (Å²) in [5.74, 6) is -0.217. The van der Waals surface area contributed by atoms with Gasteiger partial charge in [0.15, 0.2) is 0 Å². The van der Waals surface area contributed by atoms with Crippen LogP contribution in [0.15, 0.2) is 24.3 Å². The minimum Gasteiger partial charge on any atom is -0.462 e. The second kappa shape index (κ2) is 6.01. The molecule has 1 radical (unpaired) electrons. The van der Waals surface area contributed by atoms with Crippen molar-refractivity contribution in [3.8, 4) is 0 Å². The summed E-state index contributed by atoms with van der Waals surface area (Å²) in [5, 5.41) is 13.5. The fourth-order valence-corrected chi connectivity index (χ4v) is 3.45. The summed E-state index contributed by atoms with van der Waals surface area (Å²) in [6.45, 7) is 9.61. The van der Waals surface area contributed by atoms with Gasteiger partial charge in [0, 0.05) is 23.9 Å². The second-order valence-electron chi connectivity index (χ2n) is 7.54. The van der Waals surface area contributed by atoms with E-state index in [-0.39, 0.29) is 18.5 Å². The van der Waals surface area contributed by atoms with Crippen LogP contribution in [0.2, 0.25) is 0 Å². The Morgan fingerprint density at radius 1 is 1.18 bits per heavy atom. The van der Waals surface area contributed by atoms with E-state index in [1.807, 2.05) is 58.9 Å². The molecule has 1 fully saturated rings. The third-order valence-electron chi connectivity index (χ3n) is 4.45. The van der Waals surface area contributed by atoms with Crippen LogP contribution in [0, 0.1) is 6.92 Å². The van der Waals surface area contributed by atoms with E-state index in [9.17, 15) is 10.0 Å². The summed E-state index contributed by atoms with van der Waals surface area (Å²) in [5.41, 5.74) is 1.05. The quantitative estimate of drug-likeness (QED) is 0.804. The number of rotatable bonds is 3. The smallest absolute Gasteiger partial charge is 0.310 e. The van der Waals surface area contributed by atoms with Crippen LogP contribution in [0.5, 0.6) is 0 Å². The molecule has 4 nitrogen and oxygen atoms in total. The Labute approximate surface area is 133 Å². The highest BCUT2D eigenvalue weighted by atomic mass is 16.5. The maximum absolute atomic E-state index is 12.3. The number of aryl methyl sites for hydroxylation is 1. The summed E-state index contributed by atoms with van der Waals surface area (Å²) >= 11 is 0. The zero-order valence-electron chi connectivity index (χ0n) is 14.2. The molecule has 0 spiro atoms. The molecule has 1 aliphatic heterocycles. The monoisotopic (exact) mass is 304 g/mol. The number of esters is 1. The van der Waals surface area contributed by atoms with E-state index < -0.39 is 11.1 Å². The van der Waals surface area contributed by atoms with E-state index >= 15 is 0 Å². The Morgan fingerprint density at radius 3 is 2.27 bits per heavy atom. The topological polar surface area (TPSA) is 49.4 Å². The first-order chi connectivity index (χ1) is 10.1. The van der Waals surface area contributed by atoms with Gasteiger partial charge in [-0.15, -0.1) is 10.3 Å². The fourth-order valence-electron chi connectivity index (χ4n) is 3.45. The lowest BCUT2D eigenvalue weighted by molar-refractivity contribution is -0.299. The first-order valence-corrected chi connectivity index (χ1v) is 7.83. The summed E-state index contributed by atoms with van der Waals surface area (Å²) in [6.07, 6.45) is 1.22. The minimum atomic E-state index is -0.518. The third kappa shape index (κ3) is 3.68. The standard InChI is InChI=1S/C18H26NO3/c1-13-8-6-7-9-14(13)10-16(20)22-15-11-17(2,3)19(21)18(4,5)12-15/h6-9,15H,10-12H2,1-5H3. The highest BCUT2D eigenvalue weighted by molar-refractivity contribution is 5.73. The molecule has 0 unspecified atom stereocenters. The Kier molecular flexibility index (Phi) is 4.64. The molecule has 0 atom stereocenters. The van der Waals surface area contributed by atoms with Gasteiger partial charge in [0.05, 0.1) is 6.42 Å². The normalized spacial score (nSPS) is 21.5. The minimum absolute atomic E-state index is 0.202. The van der Waals surface area contributed by atoms with Crippen molar-refractivity contribution in [1.82, 2.24) is 5.06 Å². The fraction of sp³-hybridized carbons (Fsp3) is 0.611. The highest BCUT2D eigenvalue weighted by Gasteiger charge is 2.47. The first kappa shape index (κ1) is 17.0. The van der Waals surface area contributed by atoms with E-state index in [4.69, 9.17) is 4.74 Å². The summed E-state index contributed by atoms with van der Waals surface area (Å²) in [6, 6.07) is 7.83. The van der Waals surface area contributed by atoms with Crippen LogP contribution in [0.3, 0.4) is 0 Å². The molecule has 2 rings (SSSR count). The predicted molar refractivity (Wildman–Crippen MR) is 84.7 cm³/mol. The van der Waals surface area contributed by atoms with E-state index in [1.54, 1.807) is 0 Å². The van der Waals surface area contributed by atoms with Crippen molar-refractivity contribution in [3.05, 3.63) is 35.4 Å². The van der Waals surface area contributed by atoms with E-state index in [0.717, 1.165) is 16.2 Å². The van der Waals surface area contributed by atoms with Crippen molar-refractivity contribution in [2.75, 3.05) is 0 Å². The third-order valence-corrected chi connectivity index (χ3v) is 4.45. The SMILES string of the molecule is Cc1ccccc1CC(=O)OC1CC(C)(C)N([O])C(C)(C)C1. The zero-order chi connectivity index (χ0) is 16.5. The van der Waals surface area contributed by atoms with Crippen molar-refractivity contribution in [2.24, 2.45) is 0 Å². The zero-order valence-corrected chi connectivity index (χ0v) is 14.2. The number of piperidine rings is 1. The van der Waals surface area contributed by atoms with Gasteiger partial charge < -0.3 is 4.74 Å². The van der Waals surface area contributed by atoms with Crippen molar-refractivity contribution < 1.29 is 14.7 Å². The van der Waals surface area contributed by atoms with Gasteiger partial charge in [0.2, 0.25) is 0 Å². The van der Waals surface area contributed by atoms with Crippen LogP contribution < -0.4 is 0 Å². The van der Waals surface area contributed by atoms with Crippen LogP contribution >= 0.6 is 0 Å². The van der Waals surface area contributed by atoms with Crippen LogP contribution in [-0.4, -0.2) is 28.2 Å². The van der Waals surface area contributed by atoms with Gasteiger partial charge in [-0.25, -0.2) is 0 Å². The molecule has 0 aliphatic carbocycles. The summed E-state index contributed by atoms with van der Waals surface area (Å²) in [7, 11) is 0. The highest BCUT2D eigenvalue weighted by Crippen LogP contribution is 2.38. The van der Waals surface area contributed by atoms with Crippen molar-refractivity contribution in [1.29, 1.82) is 0 Å². The van der Waals surface area contributed by atoms with Gasteiger partial charge >= 0.3 is 5.97 Å². The second-order valence-corrected chi connectivity index (χ2v) is 7.54. The average molecular weight is 304 g/mol. The molecule has 0 amide bonds. The molecule has 0 aromatic heterocycles. The molecule has 0 N–H and O–H groups in total. The lowest BCUT2D eigenvalue weighted by Crippen LogP contribution is -2.60. The van der Waals surface area contributed by atoms with Crippen LogP contribution in [0.1, 0.15) is 51.7 Å². The van der Waals surface area contributed by atoms with Crippen molar-refractivity contribution in [3.63, 3.8) is 0 Å². The molecule has 22 heavy (non-hydrogen) atoms.